The molecule has 0 spiro atoms. The Morgan fingerprint density at radius 1 is 1.38 bits per heavy atom. The summed E-state index contributed by atoms with van der Waals surface area (Å²) in [4.78, 5) is 0. The molecule has 90 valence electrons. The summed E-state index contributed by atoms with van der Waals surface area (Å²) < 4.78 is 12.8. The van der Waals surface area contributed by atoms with Gasteiger partial charge in [0.2, 0.25) is 0 Å². The fourth-order valence-corrected chi connectivity index (χ4v) is 2.46. The van der Waals surface area contributed by atoms with Crippen molar-refractivity contribution in [3.63, 3.8) is 0 Å². The van der Waals surface area contributed by atoms with E-state index in [1.807, 2.05) is 6.07 Å². The van der Waals surface area contributed by atoms with E-state index in [4.69, 9.17) is 9.15 Å². The molecule has 0 bridgehead atoms. The van der Waals surface area contributed by atoms with Gasteiger partial charge in [-0.25, -0.2) is 0 Å². The second kappa shape index (κ2) is 6.19. The maximum Gasteiger partial charge on any atom is 0.183 e. The van der Waals surface area contributed by atoms with Crippen LogP contribution in [0.3, 0.4) is 0 Å². The van der Waals surface area contributed by atoms with Crippen molar-refractivity contribution in [3.05, 3.63) is 21.0 Å². The van der Waals surface area contributed by atoms with Crippen molar-refractivity contribution < 1.29 is 9.15 Å². The lowest BCUT2D eigenvalue weighted by Crippen LogP contribution is -2.31. The van der Waals surface area contributed by atoms with Gasteiger partial charge < -0.3 is 14.5 Å². The van der Waals surface area contributed by atoms with E-state index >= 15 is 0 Å². The zero-order valence-electron chi connectivity index (χ0n) is 8.97. The molecule has 1 N–H and O–H groups in total. The van der Waals surface area contributed by atoms with Gasteiger partial charge in [-0.1, -0.05) is 0 Å². The van der Waals surface area contributed by atoms with E-state index in [0.717, 1.165) is 34.6 Å². The first kappa shape index (κ1) is 12.6. The lowest BCUT2D eigenvalue weighted by Gasteiger charge is -2.22. The van der Waals surface area contributed by atoms with Gasteiger partial charge in [0.15, 0.2) is 4.67 Å². The van der Waals surface area contributed by atoms with Gasteiger partial charge in [0.25, 0.3) is 0 Å². The normalized spacial score (nSPS) is 21.2. The molecule has 1 aliphatic rings. The van der Waals surface area contributed by atoms with Crippen LogP contribution in [0.25, 0.3) is 0 Å². The molecule has 1 aliphatic heterocycles. The summed E-state index contributed by atoms with van der Waals surface area (Å²) in [7, 11) is 0. The van der Waals surface area contributed by atoms with Crippen LogP contribution in [0.1, 0.15) is 25.0 Å². The quantitative estimate of drug-likeness (QED) is 0.901. The topological polar surface area (TPSA) is 34.4 Å². The molecule has 1 unspecified atom stereocenters. The molecule has 16 heavy (non-hydrogen) atoms. The summed E-state index contributed by atoms with van der Waals surface area (Å²) in [5, 5.41) is 3.35. The largest absolute Gasteiger partial charge is 0.452 e. The predicted octanol–water partition coefficient (Wildman–Crippen LogP) is 3.46. The van der Waals surface area contributed by atoms with Gasteiger partial charge in [-0.3, -0.25) is 0 Å². The fraction of sp³-hybridized carbons (Fsp3) is 0.636. The standard InChI is InChI=1S/C11H15Br2NO2/c12-10-5-9(16-11(10)13)7-14-6-8-3-1-2-4-15-8/h5,8,14H,1-4,6-7H2. The Labute approximate surface area is 112 Å². The maximum absolute atomic E-state index is 5.63. The SMILES string of the molecule is Brc1cc(CNCC2CCCCO2)oc1Br. The molecule has 0 amide bonds. The van der Waals surface area contributed by atoms with E-state index in [9.17, 15) is 0 Å². The Bertz CT molecular complexity index is 315. The van der Waals surface area contributed by atoms with E-state index in [-0.39, 0.29) is 0 Å². The van der Waals surface area contributed by atoms with Gasteiger partial charge >= 0.3 is 0 Å². The third-order valence-corrected chi connectivity index (χ3v) is 4.35. The molecule has 1 fully saturated rings. The van der Waals surface area contributed by atoms with E-state index in [1.165, 1.54) is 19.3 Å². The number of ether oxygens (including phenoxy) is 1. The maximum atomic E-state index is 5.63. The minimum absolute atomic E-state index is 0.371. The second-order valence-corrected chi connectivity index (χ2v) is 5.53. The lowest BCUT2D eigenvalue weighted by molar-refractivity contribution is 0.0165. The average Bonchev–Trinajstić information content (AvgIpc) is 2.60. The summed E-state index contributed by atoms with van der Waals surface area (Å²) in [5.41, 5.74) is 0. The van der Waals surface area contributed by atoms with Gasteiger partial charge in [0, 0.05) is 13.2 Å². The summed E-state index contributed by atoms with van der Waals surface area (Å²) in [6, 6.07) is 1.97. The summed E-state index contributed by atoms with van der Waals surface area (Å²) in [6.45, 7) is 2.55. The lowest BCUT2D eigenvalue weighted by atomic mass is 10.1. The van der Waals surface area contributed by atoms with Gasteiger partial charge in [0.1, 0.15) is 5.76 Å². The minimum atomic E-state index is 0.371. The summed E-state index contributed by atoms with van der Waals surface area (Å²) in [5.74, 6) is 0.926. The zero-order chi connectivity index (χ0) is 11.4. The number of hydrogen-bond acceptors (Lipinski definition) is 3. The highest BCUT2D eigenvalue weighted by atomic mass is 79.9. The summed E-state index contributed by atoms with van der Waals surface area (Å²) in [6.07, 6.45) is 4.02. The molecule has 1 aromatic heterocycles. The second-order valence-electron chi connectivity index (χ2n) is 3.95. The molecule has 5 heteroatoms. The molecule has 3 nitrogen and oxygen atoms in total. The van der Waals surface area contributed by atoms with Crippen molar-refractivity contribution >= 4 is 31.9 Å². The smallest absolute Gasteiger partial charge is 0.183 e. The van der Waals surface area contributed by atoms with E-state index < -0.39 is 0 Å². The van der Waals surface area contributed by atoms with Gasteiger partial charge in [-0.2, -0.15) is 0 Å². The first-order valence-electron chi connectivity index (χ1n) is 5.52. The van der Waals surface area contributed by atoms with E-state index in [0.29, 0.717) is 6.10 Å². The van der Waals surface area contributed by atoms with Crippen LogP contribution in [0.2, 0.25) is 0 Å². The number of hydrogen-bond donors (Lipinski definition) is 1. The Morgan fingerprint density at radius 2 is 2.25 bits per heavy atom. The molecule has 1 saturated heterocycles. The highest BCUT2D eigenvalue weighted by Crippen LogP contribution is 2.26. The number of nitrogens with one attached hydrogen (secondary N) is 1. The Hall–Kier alpha value is 0.160. The van der Waals surface area contributed by atoms with Crippen molar-refractivity contribution in [2.75, 3.05) is 13.2 Å². The van der Waals surface area contributed by atoms with E-state index in [1.54, 1.807) is 0 Å². The predicted molar refractivity (Wildman–Crippen MR) is 69.4 cm³/mol. The molecular weight excluding hydrogens is 338 g/mol. The van der Waals surface area contributed by atoms with Gasteiger partial charge in [-0.05, 0) is 57.2 Å². The van der Waals surface area contributed by atoms with Crippen molar-refractivity contribution in [2.24, 2.45) is 0 Å². The molecular formula is C11H15Br2NO2. The molecule has 2 heterocycles. The Morgan fingerprint density at radius 3 is 2.88 bits per heavy atom. The van der Waals surface area contributed by atoms with Crippen molar-refractivity contribution in [1.29, 1.82) is 0 Å². The highest BCUT2D eigenvalue weighted by molar-refractivity contribution is 9.13. The number of rotatable bonds is 4. The first-order chi connectivity index (χ1) is 7.75. The highest BCUT2D eigenvalue weighted by Gasteiger charge is 2.13. The molecule has 0 aromatic carbocycles. The third kappa shape index (κ3) is 3.58. The molecule has 1 aromatic rings. The van der Waals surface area contributed by atoms with Crippen LogP contribution in [-0.4, -0.2) is 19.3 Å². The minimum Gasteiger partial charge on any atom is -0.452 e. The molecule has 2 rings (SSSR count). The van der Waals surface area contributed by atoms with Gasteiger partial charge in [0.05, 0.1) is 17.1 Å². The van der Waals surface area contributed by atoms with Crippen LogP contribution >= 0.6 is 31.9 Å². The number of furan rings is 1. The van der Waals surface area contributed by atoms with Crippen LogP contribution in [0.5, 0.6) is 0 Å². The monoisotopic (exact) mass is 351 g/mol. The van der Waals surface area contributed by atoms with Crippen LogP contribution in [-0.2, 0) is 11.3 Å². The molecule has 0 aliphatic carbocycles. The summed E-state index contributed by atoms with van der Waals surface area (Å²) >= 11 is 6.71. The molecule has 0 radical (unpaired) electrons. The van der Waals surface area contributed by atoms with Crippen molar-refractivity contribution in [2.45, 2.75) is 31.9 Å². The average molecular weight is 353 g/mol. The van der Waals surface area contributed by atoms with Crippen LogP contribution in [0.4, 0.5) is 0 Å². The van der Waals surface area contributed by atoms with E-state index in [2.05, 4.69) is 37.2 Å². The number of halogens is 2. The van der Waals surface area contributed by atoms with Crippen LogP contribution < -0.4 is 5.32 Å². The fourth-order valence-electron chi connectivity index (χ4n) is 1.80. The van der Waals surface area contributed by atoms with Crippen LogP contribution in [0.15, 0.2) is 19.6 Å². The molecule has 0 saturated carbocycles. The Kier molecular flexibility index (Phi) is 4.88. The zero-order valence-corrected chi connectivity index (χ0v) is 12.1. The van der Waals surface area contributed by atoms with Crippen molar-refractivity contribution in [1.82, 2.24) is 5.32 Å². The van der Waals surface area contributed by atoms with Crippen molar-refractivity contribution in [3.8, 4) is 0 Å². The van der Waals surface area contributed by atoms with Crippen LogP contribution in [0, 0.1) is 0 Å². The Balaban J connectivity index is 1.71. The molecule has 1 atom stereocenters. The third-order valence-electron chi connectivity index (χ3n) is 2.64. The van der Waals surface area contributed by atoms with Gasteiger partial charge in [-0.15, -0.1) is 0 Å². The first-order valence-corrected chi connectivity index (χ1v) is 7.10.